The van der Waals surface area contributed by atoms with E-state index in [0.717, 1.165) is 16.8 Å². The average molecular weight is 320 g/mol. The Bertz CT molecular complexity index is 828. The van der Waals surface area contributed by atoms with Crippen LogP contribution in [0.2, 0.25) is 0 Å². The van der Waals surface area contributed by atoms with Crippen molar-refractivity contribution >= 4 is 12.1 Å². The number of hydrogen-bond donors (Lipinski definition) is 3. The number of aliphatic hydroxyl groups excluding tert-OH is 1. The van der Waals surface area contributed by atoms with Crippen molar-refractivity contribution in [1.82, 2.24) is 15.6 Å². The van der Waals surface area contributed by atoms with Crippen molar-refractivity contribution in [2.75, 3.05) is 0 Å². The van der Waals surface area contributed by atoms with Crippen molar-refractivity contribution in [2.24, 2.45) is 5.10 Å². The molecule has 0 fully saturated rings. The molecule has 0 aliphatic carbocycles. The Balaban J connectivity index is 1.67. The van der Waals surface area contributed by atoms with Gasteiger partial charge in [0.1, 0.15) is 0 Å². The van der Waals surface area contributed by atoms with Gasteiger partial charge in [0, 0.05) is 11.1 Å². The molecule has 1 amide bonds. The van der Waals surface area contributed by atoms with Gasteiger partial charge in [-0.25, -0.2) is 5.43 Å². The number of benzene rings is 2. The fourth-order valence-electron chi connectivity index (χ4n) is 2.24. The molecule has 0 aliphatic rings. The van der Waals surface area contributed by atoms with Crippen LogP contribution in [0, 0.1) is 0 Å². The predicted molar refractivity (Wildman–Crippen MR) is 91.2 cm³/mol. The summed E-state index contributed by atoms with van der Waals surface area (Å²) in [5.74, 6) is -0.595. The Labute approximate surface area is 138 Å². The summed E-state index contributed by atoms with van der Waals surface area (Å²) in [6, 6.07) is 18.4. The van der Waals surface area contributed by atoms with Gasteiger partial charge in [-0.2, -0.15) is 10.2 Å². The molecule has 2 aromatic carbocycles. The maximum absolute atomic E-state index is 11.9. The van der Waals surface area contributed by atoms with Gasteiger partial charge in [0.15, 0.2) is 6.10 Å². The number of H-pyrrole nitrogens is 1. The van der Waals surface area contributed by atoms with Gasteiger partial charge in [0.05, 0.1) is 18.1 Å². The van der Waals surface area contributed by atoms with Gasteiger partial charge >= 0.3 is 0 Å². The third-order valence-electron chi connectivity index (χ3n) is 3.47. The summed E-state index contributed by atoms with van der Waals surface area (Å²) in [4.78, 5) is 11.9. The van der Waals surface area contributed by atoms with E-state index in [-0.39, 0.29) is 0 Å². The lowest BCUT2D eigenvalue weighted by Crippen LogP contribution is -2.25. The zero-order chi connectivity index (χ0) is 16.8. The van der Waals surface area contributed by atoms with Crippen molar-refractivity contribution in [2.45, 2.75) is 6.10 Å². The third-order valence-corrected chi connectivity index (χ3v) is 3.47. The van der Waals surface area contributed by atoms with Crippen molar-refractivity contribution in [3.8, 4) is 11.3 Å². The molecule has 6 nitrogen and oxygen atoms in total. The van der Waals surface area contributed by atoms with Crippen molar-refractivity contribution in [1.29, 1.82) is 0 Å². The van der Waals surface area contributed by atoms with E-state index in [1.165, 1.54) is 6.21 Å². The van der Waals surface area contributed by atoms with Crippen molar-refractivity contribution < 1.29 is 9.90 Å². The number of hydrogen-bond acceptors (Lipinski definition) is 4. The molecule has 3 N–H and O–H groups in total. The minimum absolute atomic E-state index is 0.512. The number of aliphatic hydroxyl groups is 1. The molecule has 0 unspecified atom stereocenters. The molecule has 3 aromatic rings. The molecular weight excluding hydrogens is 304 g/mol. The summed E-state index contributed by atoms with van der Waals surface area (Å²) in [5, 5.41) is 20.8. The number of nitrogens with zero attached hydrogens (tertiary/aromatic N) is 2. The highest BCUT2D eigenvalue weighted by Crippen LogP contribution is 2.19. The minimum Gasteiger partial charge on any atom is -0.378 e. The number of rotatable bonds is 5. The van der Waals surface area contributed by atoms with E-state index in [1.807, 2.05) is 36.4 Å². The molecule has 1 aromatic heterocycles. The zero-order valence-electron chi connectivity index (χ0n) is 12.8. The number of carbonyl (C=O) groups excluding carboxylic acids is 1. The molecule has 6 heteroatoms. The van der Waals surface area contributed by atoms with Crippen LogP contribution in [0.1, 0.15) is 17.2 Å². The van der Waals surface area contributed by atoms with Gasteiger partial charge < -0.3 is 5.11 Å². The highest BCUT2D eigenvalue weighted by atomic mass is 16.3. The van der Waals surface area contributed by atoms with Crippen LogP contribution in [-0.2, 0) is 4.79 Å². The second-order valence-electron chi connectivity index (χ2n) is 5.11. The van der Waals surface area contributed by atoms with E-state index in [0.29, 0.717) is 5.56 Å². The minimum atomic E-state index is -1.26. The summed E-state index contributed by atoms with van der Waals surface area (Å²) in [6.07, 6.45) is 1.84. The Morgan fingerprint density at radius 1 is 1.12 bits per heavy atom. The number of nitrogens with one attached hydrogen (secondary N) is 2. The molecule has 0 bridgehead atoms. The maximum atomic E-state index is 11.9. The molecule has 0 spiro atoms. The first-order chi connectivity index (χ1) is 11.8. The topological polar surface area (TPSA) is 90.4 Å². The molecule has 120 valence electrons. The fraction of sp³-hybridized carbons (Fsp3) is 0.0556. The van der Waals surface area contributed by atoms with E-state index >= 15 is 0 Å². The van der Waals surface area contributed by atoms with Crippen LogP contribution < -0.4 is 5.43 Å². The molecule has 0 aliphatic heterocycles. The number of aromatic amines is 1. The van der Waals surface area contributed by atoms with Crippen LogP contribution in [0.25, 0.3) is 11.3 Å². The number of carbonyl (C=O) groups is 1. The molecule has 1 atom stereocenters. The van der Waals surface area contributed by atoms with E-state index in [1.54, 1.807) is 30.5 Å². The highest BCUT2D eigenvalue weighted by molar-refractivity contribution is 5.90. The van der Waals surface area contributed by atoms with Crippen LogP contribution >= 0.6 is 0 Å². The summed E-state index contributed by atoms with van der Waals surface area (Å²) in [5.41, 5.74) is 5.35. The molecule has 24 heavy (non-hydrogen) atoms. The average Bonchev–Trinajstić information content (AvgIpc) is 3.11. The van der Waals surface area contributed by atoms with Gasteiger partial charge in [0.25, 0.3) is 5.91 Å². The first kappa shape index (κ1) is 15.6. The molecule has 0 radical (unpaired) electrons. The number of amides is 1. The maximum Gasteiger partial charge on any atom is 0.273 e. The van der Waals surface area contributed by atoms with Gasteiger partial charge in [-0.1, -0.05) is 60.7 Å². The van der Waals surface area contributed by atoms with Crippen LogP contribution in [-0.4, -0.2) is 27.4 Å². The normalized spacial score (nSPS) is 12.2. The van der Waals surface area contributed by atoms with Gasteiger partial charge in [-0.05, 0) is 5.56 Å². The SMILES string of the molecule is O=C(N/N=C\c1cn[nH]c1-c1ccccc1)[C@@H](O)c1ccccc1. The second kappa shape index (κ2) is 7.34. The lowest BCUT2D eigenvalue weighted by atomic mass is 10.1. The predicted octanol–water partition coefficient (Wildman–Crippen LogP) is 2.26. The Kier molecular flexibility index (Phi) is 4.78. The van der Waals surface area contributed by atoms with E-state index in [9.17, 15) is 9.90 Å². The van der Waals surface area contributed by atoms with Gasteiger partial charge in [-0.15, -0.1) is 0 Å². The standard InChI is InChI=1S/C18H16N4O2/c23-17(14-9-5-2-6-10-14)18(24)22-20-12-15-11-19-21-16(15)13-7-3-1-4-8-13/h1-12,17,23H,(H,19,21)(H,22,24)/b20-12-/t17-/m0/s1. The molecule has 0 saturated carbocycles. The van der Waals surface area contributed by atoms with Crippen molar-refractivity contribution in [3.63, 3.8) is 0 Å². The molecular formula is C18H16N4O2. The zero-order valence-corrected chi connectivity index (χ0v) is 12.8. The lowest BCUT2D eigenvalue weighted by Gasteiger charge is -2.08. The fourth-order valence-corrected chi connectivity index (χ4v) is 2.24. The Hall–Kier alpha value is -3.25. The van der Waals surface area contributed by atoms with Gasteiger partial charge in [-0.3, -0.25) is 9.89 Å². The number of hydrazone groups is 1. The van der Waals surface area contributed by atoms with Crippen molar-refractivity contribution in [3.05, 3.63) is 78.0 Å². The first-order valence-electron chi connectivity index (χ1n) is 7.40. The van der Waals surface area contributed by atoms with Crippen LogP contribution in [0.15, 0.2) is 72.0 Å². The van der Waals surface area contributed by atoms with E-state index < -0.39 is 12.0 Å². The molecule has 1 heterocycles. The van der Waals surface area contributed by atoms with Crippen LogP contribution in [0.3, 0.4) is 0 Å². The van der Waals surface area contributed by atoms with E-state index in [2.05, 4.69) is 20.7 Å². The largest absolute Gasteiger partial charge is 0.378 e. The quantitative estimate of drug-likeness (QED) is 0.497. The lowest BCUT2D eigenvalue weighted by molar-refractivity contribution is -0.129. The summed E-state index contributed by atoms with van der Waals surface area (Å²) in [6.45, 7) is 0. The van der Waals surface area contributed by atoms with Gasteiger partial charge in [0.2, 0.25) is 0 Å². The molecule has 3 rings (SSSR count). The third kappa shape index (κ3) is 3.56. The summed E-state index contributed by atoms with van der Waals surface area (Å²) in [7, 11) is 0. The number of aromatic nitrogens is 2. The molecule has 0 saturated heterocycles. The Morgan fingerprint density at radius 2 is 1.79 bits per heavy atom. The monoisotopic (exact) mass is 320 g/mol. The highest BCUT2D eigenvalue weighted by Gasteiger charge is 2.16. The summed E-state index contributed by atoms with van der Waals surface area (Å²) >= 11 is 0. The van der Waals surface area contributed by atoms with Crippen LogP contribution in [0.4, 0.5) is 0 Å². The smallest absolute Gasteiger partial charge is 0.273 e. The second-order valence-corrected chi connectivity index (χ2v) is 5.11. The summed E-state index contributed by atoms with van der Waals surface area (Å²) < 4.78 is 0. The van der Waals surface area contributed by atoms with Crippen LogP contribution in [0.5, 0.6) is 0 Å². The Morgan fingerprint density at radius 3 is 2.50 bits per heavy atom. The first-order valence-corrected chi connectivity index (χ1v) is 7.40. The van der Waals surface area contributed by atoms with E-state index in [4.69, 9.17) is 0 Å².